The zero-order valence-electron chi connectivity index (χ0n) is 19.8. The molecule has 186 valence electrons. The van der Waals surface area contributed by atoms with E-state index in [-0.39, 0.29) is 16.6 Å². The molecule has 1 heterocycles. The van der Waals surface area contributed by atoms with Crippen LogP contribution < -0.4 is 5.32 Å². The molecule has 1 aromatic heterocycles. The van der Waals surface area contributed by atoms with E-state index >= 15 is 0 Å². The van der Waals surface area contributed by atoms with Crippen LogP contribution in [0.2, 0.25) is 5.02 Å². The molecule has 0 aliphatic rings. The molecule has 0 saturated carbocycles. The number of hydrogen-bond donors (Lipinski definition) is 1. The lowest BCUT2D eigenvalue weighted by atomic mass is 10.1. The Morgan fingerprint density at radius 1 is 0.889 bits per heavy atom. The maximum absolute atomic E-state index is 14.0. The van der Waals surface area contributed by atoms with E-state index < -0.39 is 11.7 Å². The number of halogens is 4. The van der Waals surface area contributed by atoms with Crippen LogP contribution in [0.4, 0.5) is 13.2 Å². The van der Waals surface area contributed by atoms with Crippen molar-refractivity contribution in [3.8, 4) is 28.2 Å². The number of amides is 1. The van der Waals surface area contributed by atoms with Crippen LogP contribution in [0.5, 0.6) is 0 Å². The molecule has 0 bridgehead atoms. The van der Waals surface area contributed by atoms with Crippen LogP contribution in [0, 0.1) is 0 Å². The van der Waals surface area contributed by atoms with E-state index in [1.54, 1.807) is 41.0 Å². The van der Waals surface area contributed by atoms with Gasteiger partial charge < -0.3 is 14.8 Å². The summed E-state index contributed by atoms with van der Waals surface area (Å²) in [5, 5.41) is 3.04. The molecule has 0 fully saturated rings. The van der Waals surface area contributed by atoms with Crippen LogP contribution in [-0.2, 0) is 6.18 Å². The highest BCUT2D eigenvalue weighted by molar-refractivity contribution is 6.34. The van der Waals surface area contributed by atoms with Gasteiger partial charge in [-0.15, -0.1) is 0 Å². The van der Waals surface area contributed by atoms with Crippen molar-refractivity contribution in [1.82, 2.24) is 14.8 Å². The van der Waals surface area contributed by atoms with Gasteiger partial charge in [-0.2, -0.15) is 13.2 Å². The topological polar surface area (TPSA) is 37.3 Å². The zero-order valence-corrected chi connectivity index (χ0v) is 20.6. The third-order valence-corrected chi connectivity index (χ3v) is 6.07. The normalized spacial score (nSPS) is 11.6. The Hall–Kier alpha value is -3.55. The van der Waals surface area contributed by atoms with E-state index in [4.69, 9.17) is 11.6 Å². The molecule has 0 aliphatic heterocycles. The number of nitrogens with zero attached hydrogens (tertiary/aromatic N) is 2. The Kier molecular flexibility index (Phi) is 7.52. The number of carbonyl (C=O) groups excluding carboxylic acids is 1. The van der Waals surface area contributed by atoms with Gasteiger partial charge in [-0.1, -0.05) is 60.1 Å². The van der Waals surface area contributed by atoms with Crippen LogP contribution in [0.15, 0.2) is 84.9 Å². The first-order valence-electron chi connectivity index (χ1n) is 11.3. The Morgan fingerprint density at radius 2 is 1.53 bits per heavy atom. The fourth-order valence-electron chi connectivity index (χ4n) is 4.01. The van der Waals surface area contributed by atoms with Crippen LogP contribution in [0.3, 0.4) is 0 Å². The number of benzene rings is 3. The average Bonchev–Trinajstić information content (AvgIpc) is 3.29. The first-order chi connectivity index (χ1) is 17.2. The molecular weight excluding hydrogens is 487 g/mol. The van der Waals surface area contributed by atoms with Gasteiger partial charge in [0, 0.05) is 18.7 Å². The lowest BCUT2D eigenvalue weighted by Gasteiger charge is -2.19. The molecule has 3 aromatic carbocycles. The molecule has 0 radical (unpaired) electrons. The maximum Gasteiger partial charge on any atom is 0.418 e. The highest BCUT2D eigenvalue weighted by Gasteiger charge is 2.34. The number of nitrogens with one attached hydrogen (secondary N) is 1. The van der Waals surface area contributed by atoms with Crippen LogP contribution >= 0.6 is 11.6 Å². The zero-order chi connectivity index (χ0) is 25.9. The molecule has 8 heteroatoms. The number of alkyl halides is 3. The van der Waals surface area contributed by atoms with Crippen molar-refractivity contribution in [2.24, 2.45) is 0 Å². The van der Waals surface area contributed by atoms with Crippen LogP contribution in [0.25, 0.3) is 28.2 Å². The van der Waals surface area contributed by atoms with E-state index in [1.165, 1.54) is 12.1 Å². The second-order valence-electron chi connectivity index (χ2n) is 8.57. The smallest absolute Gasteiger partial charge is 0.351 e. The van der Waals surface area contributed by atoms with Crippen molar-refractivity contribution in [3.63, 3.8) is 0 Å². The minimum atomic E-state index is -4.54. The Labute approximate surface area is 212 Å². The largest absolute Gasteiger partial charge is 0.418 e. The van der Waals surface area contributed by atoms with Gasteiger partial charge >= 0.3 is 6.18 Å². The van der Waals surface area contributed by atoms with Gasteiger partial charge in [-0.25, -0.2) is 0 Å². The molecule has 0 spiro atoms. The van der Waals surface area contributed by atoms with E-state index in [0.29, 0.717) is 35.6 Å². The molecular formula is C28H25ClF3N3O. The molecule has 4 nitrogen and oxygen atoms in total. The SMILES string of the molecule is CN(C)CCNC(=O)c1ccc(-c2ccc(-c3ccccc3)n2-c2ccccc2C(F)(F)F)cc1Cl. The van der Waals surface area contributed by atoms with Crippen molar-refractivity contribution < 1.29 is 18.0 Å². The Bertz CT molecular complexity index is 1360. The van der Waals surface area contributed by atoms with Crippen molar-refractivity contribution in [3.05, 3.63) is 101 Å². The quantitative estimate of drug-likeness (QED) is 0.297. The first kappa shape index (κ1) is 25.5. The van der Waals surface area contributed by atoms with E-state index in [0.717, 1.165) is 11.6 Å². The fourth-order valence-corrected chi connectivity index (χ4v) is 4.28. The second-order valence-corrected chi connectivity index (χ2v) is 8.98. The van der Waals surface area contributed by atoms with E-state index in [9.17, 15) is 18.0 Å². The minimum Gasteiger partial charge on any atom is -0.351 e. The Balaban J connectivity index is 1.82. The molecule has 0 saturated heterocycles. The maximum atomic E-state index is 14.0. The summed E-state index contributed by atoms with van der Waals surface area (Å²) < 4.78 is 43.5. The molecule has 0 aliphatic carbocycles. The third-order valence-electron chi connectivity index (χ3n) is 5.75. The van der Waals surface area contributed by atoms with Crippen molar-refractivity contribution >= 4 is 17.5 Å². The van der Waals surface area contributed by atoms with Gasteiger partial charge in [0.1, 0.15) is 0 Å². The summed E-state index contributed by atoms with van der Waals surface area (Å²) >= 11 is 6.48. The molecule has 1 N–H and O–H groups in total. The monoisotopic (exact) mass is 511 g/mol. The third kappa shape index (κ3) is 5.48. The van der Waals surface area contributed by atoms with E-state index in [1.807, 2.05) is 49.3 Å². The summed E-state index contributed by atoms with van der Waals surface area (Å²) in [4.78, 5) is 14.5. The fraction of sp³-hybridized carbons (Fsp3) is 0.179. The number of hydrogen-bond acceptors (Lipinski definition) is 2. The number of aromatic nitrogens is 1. The summed E-state index contributed by atoms with van der Waals surface area (Å²) in [5.74, 6) is -0.309. The highest BCUT2D eigenvalue weighted by atomic mass is 35.5. The number of para-hydroxylation sites is 1. The summed E-state index contributed by atoms with van der Waals surface area (Å²) in [6, 6.07) is 23.1. The van der Waals surface area contributed by atoms with Gasteiger partial charge in [0.2, 0.25) is 0 Å². The summed E-state index contributed by atoms with van der Waals surface area (Å²) in [7, 11) is 3.81. The summed E-state index contributed by atoms with van der Waals surface area (Å²) in [6.07, 6.45) is -4.54. The number of rotatable bonds is 7. The average molecular weight is 512 g/mol. The minimum absolute atomic E-state index is 0.00507. The predicted molar refractivity (Wildman–Crippen MR) is 138 cm³/mol. The van der Waals surface area contributed by atoms with Crippen molar-refractivity contribution in [2.75, 3.05) is 27.2 Å². The van der Waals surface area contributed by atoms with Gasteiger partial charge in [0.15, 0.2) is 0 Å². The van der Waals surface area contributed by atoms with Gasteiger partial charge in [-0.3, -0.25) is 4.79 Å². The van der Waals surface area contributed by atoms with Crippen molar-refractivity contribution in [2.45, 2.75) is 6.18 Å². The van der Waals surface area contributed by atoms with Crippen LogP contribution in [0.1, 0.15) is 15.9 Å². The number of likely N-dealkylation sites (N-methyl/N-ethyl adjacent to an activating group) is 1. The lowest BCUT2D eigenvalue weighted by molar-refractivity contribution is -0.137. The standard InChI is InChI=1S/C28H25ClF3N3O/c1-34(2)17-16-33-27(36)21-13-12-20(18-23(21)29)25-15-14-24(19-8-4-3-5-9-19)35(25)26-11-7-6-10-22(26)28(30,31)32/h3-15,18H,16-17H2,1-2H3,(H,33,36). The molecule has 0 unspecified atom stereocenters. The van der Waals surface area contributed by atoms with Gasteiger partial charge in [0.25, 0.3) is 5.91 Å². The summed E-state index contributed by atoms with van der Waals surface area (Å²) in [6.45, 7) is 1.14. The molecule has 0 atom stereocenters. The van der Waals surface area contributed by atoms with Gasteiger partial charge in [0.05, 0.1) is 33.2 Å². The lowest BCUT2D eigenvalue weighted by Crippen LogP contribution is -2.31. The molecule has 4 aromatic rings. The first-order valence-corrected chi connectivity index (χ1v) is 11.7. The second kappa shape index (κ2) is 10.6. The van der Waals surface area contributed by atoms with E-state index in [2.05, 4.69) is 5.32 Å². The van der Waals surface area contributed by atoms with Crippen molar-refractivity contribution in [1.29, 1.82) is 0 Å². The predicted octanol–water partition coefficient (Wildman–Crippen LogP) is 6.77. The van der Waals surface area contributed by atoms with Gasteiger partial charge in [-0.05, 0) is 56.1 Å². The Morgan fingerprint density at radius 3 is 2.17 bits per heavy atom. The molecule has 1 amide bonds. The van der Waals surface area contributed by atoms with Crippen LogP contribution in [-0.4, -0.2) is 42.6 Å². The number of carbonyl (C=O) groups is 1. The highest BCUT2D eigenvalue weighted by Crippen LogP contribution is 2.39. The molecule has 36 heavy (non-hydrogen) atoms. The summed E-state index contributed by atoms with van der Waals surface area (Å²) in [5.41, 5.74) is 2.04. The molecule has 4 rings (SSSR count).